The molecule has 2 aromatic rings. The summed E-state index contributed by atoms with van der Waals surface area (Å²) < 4.78 is 15.7. The van der Waals surface area contributed by atoms with Crippen molar-refractivity contribution in [3.05, 3.63) is 65.7 Å². The summed E-state index contributed by atoms with van der Waals surface area (Å²) in [5, 5.41) is 0. The zero-order valence-corrected chi connectivity index (χ0v) is 16.7. The molecule has 30 heavy (non-hydrogen) atoms. The fourth-order valence-electron chi connectivity index (χ4n) is 3.45. The minimum Gasteiger partial charge on any atom is -0.454 e. The molecule has 0 atom stereocenters. The van der Waals surface area contributed by atoms with Crippen LogP contribution >= 0.6 is 0 Å². The average Bonchev–Trinajstić information content (AvgIpc) is 3.25. The number of carbonyl (C=O) groups excluding carboxylic acids is 2. The summed E-state index contributed by atoms with van der Waals surface area (Å²) in [6.07, 6.45) is 2.93. The molecule has 2 heterocycles. The summed E-state index contributed by atoms with van der Waals surface area (Å²) in [7, 11) is 0. The average molecular weight is 408 g/mol. The van der Waals surface area contributed by atoms with E-state index in [0.717, 1.165) is 25.2 Å². The van der Waals surface area contributed by atoms with Crippen molar-refractivity contribution in [2.45, 2.75) is 6.54 Å². The predicted molar refractivity (Wildman–Crippen MR) is 111 cm³/mol. The number of esters is 1. The Morgan fingerprint density at radius 2 is 1.73 bits per heavy atom. The van der Waals surface area contributed by atoms with E-state index in [4.69, 9.17) is 14.2 Å². The van der Waals surface area contributed by atoms with Gasteiger partial charge >= 0.3 is 5.97 Å². The number of rotatable bonds is 6. The number of fused-ring (bicyclic) bond motifs is 1. The second-order valence-corrected chi connectivity index (χ2v) is 7.20. The molecule has 0 unspecified atom stereocenters. The third-order valence-electron chi connectivity index (χ3n) is 5.12. The number of ether oxygens (including phenoxy) is 3. The van der Waals surface area contributed by atoms with Gasteiger partial charge in [-0.1, -0.05) is 36.4 Å². The molecule has 7 heteroatoms. The SMILES string of the molecule is O=C(/C=C/c1ccc2c(c1)OCO2)OCC(=O)N1CCN(Cc2ccccc2)CC1. The lowest BCUT2D eigenvalue weighted by molar-refractivity contribution is -0.149. The molecule has 2 aliphatic rings. The fourth-order valence-corrected chi connectivity index (χ4v) is 3.45. The maximum absolute atomic E-state index is 12.3. The van der Waals surface area contributed by atoms with Crippen LogP contribution in [0.3, 0.4) is 0 Å². The summed E-state index contributed by atoms with van der Waals surface area (Å²) in [4.78, 5) is 28.4. The van der Waals surface area contributed by atoms with Crippen LogP contribution in [0.1, 0.15) is 11.1 Å². The molecule has 0 radical (unpaired) electrons. The Hall–Kier alpha value is -3.32. The Bertz CT molecular complexity index is 920. The Labute approximate surface area is 175 Å². The van der Waals surface area contributed by atoms with Gasteiger partial charge in [0.25, 0.3) is 5.91 Å². The summed E-state index contributed by atoms with van der Waals surface area (Å²) in [6.45, 7) is 3.71. The normalized spacial score (nSPS) is 16.1. The van der Waals surface area contributed by atoms with E-state index in [0.29, 0.717) is 24.6 Å². The zero-order valence-electron chi connectivity index (χ0n) is 16.7. The summed E-state index contributed by atoms with van der Waals surface area (Å²) >= 11 is 0. The van der Waals surface area contributed by atoms with Crippen LogP contribution in [0, 0.1) is 0 Å². The smallest absolute Gasteiger partial charge is 0.331 e. The van der Waals surface area contributed by atoms with Crippen LogP contribution in [0.5, 0.6) is 11.5 Å². The highest BCUT2D eigenvalue weighted by atomic mass is 16.7. The van der Waals surface area contributed by atoms with Crippen LogP contribution in [0.2, 0.25) is 0 Å². The number of benzene rings is 2. The second kappa shape index (κ2) is 9.45. The van der Waals surface area contributed by atoms with Crippen molar-refractivity contribution in [1.29, 1.82) is 0 Å². The van der Waals surface area contributed by atoms with E-state index in [1.165, 1.54) is 11.6 Å². The van der Waals surface area contributed by atoms with E-state index in [1.807, 2.05) is 24.3 Å². The summed E-state index contributed by atoms with van der Waals surface area (Å²) in [5.74, 6) is 0.610. The van der Waals surface area contributed by atoms with Crippen molar-refractivity contribution in [2.24, 2.45) is 0 Å². The van der Waals surface area contributed by atoms with Crippen molar-refractivity contribution in [1.82, 2.24) is 9.80 Å². The van der Waals surface area contributed by atoms with E-state index in [9.17, 15) is 9.59 Å². The molecule has 0 bridgehead atoms. The van der Waals surface area contributed by atoms with Gasteiger partial charge in [0.15, 0.2) is 18.1 Å². The largest absolute Gasteiger partial charge is 0.454 e. The molecule has 0 aliphatic carbocycles. The molecule has 7 nitrogen and oxygen atoms in total. The Kier molecular flexibility index (Phi) is 6.29. The molecule has 1 amide bonds. The number of nitrogens with zero attached hydrogens (tertiary/aromatic N) is 2. The third kappa shape index (κ3) is 5.18. The Balaban J connectivity index is 1.19. The Morgan fingerprint density at radius 3 is 2.53 bits per heavy atom. The number of hydrogen-bond acceptors (Lipinski definition) is 6. The van der Waals surface area contributed by atoms with Gasteiger partial charge in [0.1, 0.15) is 0 Å². The van der Waals surface area contributed by atoms with Gasteiger partial charge < -0.3 is 19.1 Å². The molecule has 0 saturated carbocycles. The minimum absolute atomic E-state index is 0.167. The van der Waals surface area contributed by atoms with E-state index in [2.05, 4.69) is 17.0 Å². The van der Waals surface area contributed by atoms with Gasteiger partial charge in [-0.3, -0.25) is 9.69 Å². The van der Waals surface area contributed by atoms with Crippen LogP contribution in [0.15, 0.2) is 54.6 Å². The maximum Gasteiger partial charge on any atom is 0.331 e. The fraction of sp³-hybridized carbons (Fsp3) is 0.304. The van der Waals surface area contributed by atoms with Crippen LogP contribution in [0.25, 0.3) is 6.08 Å². The lowest BCUT2D eigenvalue weighted by Gasteiger charge is -2.34. The number of piperazine rings is 1. The van der Waals surface area contributed by atoms with Crippen molar-refractivity contribution in [3.8, 4) is 11.5 Å². The van der Waals surface area contributed by atoms with Gasteiger partial charge in [-0.15, -0.1) is 0 Å². The Morgan fingerprint density at radius 1 is 0.967 bits per heavy atom. The zero-order chi connectivity index (χ0) is 20.8. The second-order valence-electron chi connectivity index (χ2n) is 7.20. The highest BCUT2D eigenvalue weighted by Crippen LogP contribution is 2.32. The highest BCUT2D eigenvalue weighted by Gasteiger charge is 2.21. The van der Waals surface area contributed by atoms with E-state index < -0.39 is 5.97 Å². The third-order valence-corrected chi connectivity index (χ3v) is 5.12. The monoisotopic (exact) mass is 408 g/mol. The first-order valence-corrected chi connectivity index (χ1v) is 9.96. The number of hydrogen-bond donors (Lipinski definition) is 0. The molecule has 0 spiro atoms. The predicted octanol–water partition coefficient (Wildman–Crippen LogP) is 2.32. The van der Waals surface area contributed by atoms with Crippen LogP contribution < -0.4 is 9.47 Å². The molecular weight excluding hydrogens is 384 g/mol. The van der Waals surface area contributed by atoms with Crippen LogP contribution in [-0.4, -0.2) is 61.3 Å². The highest BCUT2D eigenvalue weighted by molar-refractivity contribution is 5.89. The first-order chi connectivity index (χ1) is 14.7. The number of carbonyl (C=O) groups is 2. The molecule has 1 fully saturated rings. The van der Waals surface area contributed by atoms with Gasteiger partial charge in [-0.25, -0.2) is 4.79 Å². The van der Waals surface area contributed by atoms with Gasteiger partial charge in [-0.2, -0.15) is 0 Å². The summed E-state index contributed by atoms with van der Waals surface area (Å²) in [6, 6.07) is 15.7. The molecule has 1 saturated heterocycles. The van der Waals surface area contributed by atoms with Gasteiger partial charge in [-0.05, 0) is 29.3 Å². The maximum atomic E-state index is 12.3. The topological polar surface area (TPSA) is 68.3 Å². The van der Waals surface area contributed by atoms with E-state index >= 15 is 0 Å². The summed E-state index contributed by atoms with van der Waals surface area (Å²) in [5.41, 5.74) is 2.05. The van der Waals surface area contributed by atoms with Crippen LogP contribution in [0.4, 0.5) is 0 Å². The molecular formula is C23H24N2O5. The standard InChI is InChI=1S/C23H24N2O5/c26-22(25-12-10-24(11-13-25)15-19-4-2-1-3-5-19)16-28-23(27)9-7-18-6-8-20-21(14-18)30-17-29-20/h1-9,14H,10-13,15-17H2/b9-7+. The first-order valence-electron chi connectivity index (χ1n) is 9.96. The van der Waals surface area contributed by atoms with Crippen molar-refractivity contribution >= 4 is 18.0 Å². The first kappa shape index (κ1) is 20.0. The van der Waals surface area contributed by atoms with E-state index in [-0.39, 0.29) is 19.3 Å². The quantitative estimate of drug-likeness (QED) is 0.540. The lowest BCUT2D eigenvalue weighted by atomic mass is 10.2. The van der Waals surface area contributed by atoms with Crippen molar-refractivity contribution in [2.75, 3.05) is 39.6 Å². The van der Waals surface area contributed by atoms with Gasteiger partial charge in [0.05, 0.1) is 0 Å². The van der Waals surface area contributed by atoms with Gasteiger partial charge in [0.2, 0.25) is 6.79 Å². The number of amides is 1. The molecule has 0 aromatic heterocycles. The van der Waals surface area contributed by atoms with Gasteiger partial charge in [0, 0.05) is 38.8 Å². The van der Waals surface area contributed by atoms with E-state index in [1.54, 1.807) is 23.1 Å². The molecule has 156 valence electrons. The molecule has 2 aliphatic heterocycles. The molecule has 2 aromatic carbocycles. The van der Waals surface area contributed by atoms with Crippen molar-refractivity contribution in [3.63, 3.8) is 0 Å². The molecule has 0 N–H and O–H groups in total. The molecule has 4 rings (SSSR count). The lowest BCUT2D eigenvalue weighted by Crippen LogP contribution is -2.49. The minimum atomic E-state index is -0.552. The van der Waals surface area contributed by atoms with Crippen molar-refractivity contribution < 1.29 is 23.8 Å². The van der Waals surface area contributed by atoms with Crippen LogP contribution in [-0.2, 0) is 20.9 Å².